The summed E-state index contributed by atoms with van der Waals surface area (Å²) in [5, 5.41) is 4.01. The van der Waals surface area contributed by atoms with Gasteiger partial charge < -0.3 is 10.2 Å². The fourth-order valence-electron chi connectivity index (χ4n) is 3.44. The number of piperidine rings is 1. The van der Waals surface area contributed by atoms with Gasteiger partial charge in [0.2, 0.25) is 5.91 Å². The van der Waals surface area contributed by atoms with Crippen LogP contribution in [0, 0.1) is 12.8 Å². The number of nitrogens with zero attached hydrogens (tertiary/aromatic N) is 3. The van der Waals surface area contributed by atoms with Gasteiger partial charge in [-0.25, -0.2) is 9.97 Å². The third kappa shape index (κ3) is 5.71. The van der Waals surface area contributed by atoms with Gasteiger partial charge in [0.25, 0.3) is 0 Å². The van der Waals surface area contributed by atoms with Crippen LogP contribution in [0.5, 0.6) is 0 Å². The highest BCUT2D eigenvalue weighted by atomic mass is 32.2. The molecule has 0 saturated carbocycles. The molecule has 0 spiro atoms. The monoisotopic (exact) mass is 398 g/mol. The Morgan fingerprint density at radius 1 is 1.21 bits per heavy atom. The van der Waals surface area contributed by atoms with Gasteiger partial charge in [0.05, 0.1) is 5.92 Å². The van der Waals surface area contributed by atoms with Crippen LogP contribution in [0.4, 0.5) is 5.82 Å². The molecule has 6 heteroatoms. The van der Waals surface area contributed by atoms with Crippen LogP contribution < -0.4 is 10.2 Å². The SMILES string of the molecule is CCCCCNC(=O)C1CCCN(c2nccnc2Sc2ccc(C)cc2)C1. The smallest absolute Gasteiger partial charge is 0.224 e. The Kier molecular flexibility index (Phi) is 7.71. The molecule has 1 saturated heterocycles. The molecule has 28 heavy (non-hydrogen) atoms. The van der Waals surface area contributed by atoms with Gasteiger partial charge in [0, 0.05) is 36.9 Å². The number of rotatable bonds is 8. The van der Waals surface area contributed by atoms with E-state index in [1.54, 1.807) is 24.2 Å². The van der Waals surface area contributed by atoms with Crippen molar-refractivity contribution < 1.29 is 4.79 Å². The Hall–Kier alpha value is -2.08. The second kappa shape index (κ2) is 10.5. The zero-order valence-electron chi connectivity index (χ0n) is 16.9. The fraction of sp³-hybridized carbons (Fsp3) is 0.500. The Labute approximate surface area is 172 Å². The molecule has 0 radical (unpaired) electrons. The molecule has 1 amide bonds. The molecule has 1 aliphatic rings. The molecule has 1 aliphatic heterocycles. The number of carbonyl (C=O) groups excluding carboxylic acids is 1. The summed E-state index contributed by atoms with van der Waals surface area (Å²) in [5.74, 6) is 1.09. The number of carbonyl (C=O) groups is 1. The molecule has 2 aromatic rings. The second-order valence-corrected chi connectivity index (χ2v) is 8.45. The number of unbranched alkanes of at least 4 members (excludes halogenated alkanes) is 2. The molecular formula is C22H30N4OS. The maximum Gasteiger partial charge on any atom is 0.224 e. The van der Waals surface area contributed by atoms with E-state index in [9.17, 15) is 4.79 Å². The Balaban J connectivity index is 1.65. The molecule has 0 aliphatic carbocycles. The van der Waals surface area contributed by atoms with Gasteiger partial charge >= 0.3 is 0 Å². The zero-order valence-corrected chi connectivity index (χ0v) is 17.7. The first-order valence-electron chi connectivity index (χ1n) is 10.3. The first-order valence-corrected chi connectivity index (χ1v) is 11.1. The van der Waals surface area contributed by atoms with E-state index in [0.29, 0.717) is 6.54 Å². The number of anilines is 1. The highest BCUT2D eigenvalue weighted by Gasteiger charge is 2.28. The van der Waals surface area contributed by atoms with E-state index in [1.165, 1.54) is 12.0 Å². The maximum atomic E-state index is 12.6. The molecule has 1 unspecified atom stereocenters. The van der Waals surface area contributed by atoms with Crippen molar-refractivity contribution in [2.24, 2.45) is 5.92 Å². The van der Waals surface area contributed by atoms with Crippen molar-refractivity contribution in [1.29, 1.82) is 0 Å². The summed E-state index contributed by atoms with van der Waals surface area (Å²) in [6, 6.07) is 8.44. The van der Waals surface area contributed by atoms with Crippen molar-refractivity contribution in [3.05, 3.63) is 42.2 Å². The van der Waals surface area contributed by atoms with Crippen LogP contribution in [0.15, 0.2) is 46.6 Å². The molecule has 3 rings (SSSR count). The number of hydrogen-bond acceptors (Lipinski definition) is 5. The predicted molar refractivity (Wildman–Crippen MR) is 115 cm³/mol. The number of nitrogens with one attached hydrogen (secondary N) is 1. The molecule has 2 heterocycles. The number of aromatic nitrogens is 2. The molecule has 1 fully saturated rings. The van der Waals surface area contributed by atoms with E-state index < -0.39 is 0 Å². The van der Waals surface area contributed by atoms with E-state index in [-0.39, 0.29) is 11.8 Å². The largest absolute Gasteiger partial charge is 0.356 e. The van der Waals surface area contributed by atoms with Gasteiger partial charge in [-0.05, 0) is 38.3 Å². The van der Waals surface area contributed by atoms with E-state index in [4.69, 9.17) is 0 Å². The first kappa shape index (κ1) is 20.6. The number of benzene rings is 1. The average molecular weight is 399 g/mol. The van der Waals surface area contributed by atoms with E-state index >= 15 is 0 Å². The summed E-state index contributed by atoms with van der Waals surface area (Å²) in [6.07, 6.45) is 8.80. The lowest BCUT2D eigenvalue weighted by atomic mass is 9.97. The van der Waals surface area contributed by atoms with Crippen molar-refractivity contribution in [2.75, 3.05) is 24.5 Å². The van der Waals surface area contributed by atoms with E-state index in [2.05, 4.69) is 58.3 Å². The lowest BCUT2D eigenvalue weighted by molar-refractivity contribution is -0.125. The fourth-order valence-corrected chi connectivity index (χ4v) is 4.32. The minimum Gasteiger partial charge on any atom is -0.356 e. The molecule has 1 atom stereocenters. The minimum absolute atomic E-state index is 0.0228. The minimum atomic E-state index is 0.0228. The summed E-state index contributed by atoms with van der Waals surface area (Å²) >= 11 is 1.63. The van der Waals surface area contributed by atoms with Crippen molar-refractivity contribution in [2.45, 2.75) is 55.9 Å². The average Bonchev–Trinajstić information content (AvgIpc) is 2.73. The summed E-state index contributed by atoms with van der Waals surface area (Å²) in [4.78, 5) is 25.1. The van der Waals surface area contributed by atoms with Crippen molar-refractivity contribution in [3.8, 4) is 0 Å². The lowest BCUT2D eigenvalue weighted by Crippen LogP contribution is -2.43. The highest BCUT2D eigenvalue weighted by molar-refractivity contribution is 7.99. The molecular weight excluding hydrogens is 368 g/mol. The summed E-state index contributed by atoms with van der Waals surface area (Å²) in [7, 11) is 0. The van der Waals surface area contributed by atoms with Crippen LogP contribution in [0.25, 0.3) is 0 Å². The Bertz CT molecular complexity index is 765. The molecule has 1 aromatic heterocycles. The van der Waals surface area contributed by atoms with Gasteiger partial charge in [0.15, 0.2) is 5.82 Å². The number of amides is 1. The van der Waals surface area contributed by atoms with Crippen LogP contribution in [-0.2, 0) is 4.79 Å². The summed E-state index contributed by atoms with van der Waals surface area (Å²) in [5.41, 5.74) is 1.24. The van der Waals surface area contributed by atoms with E-state index in [1.807, 2.05) is 0 Å². The van der Waals surface area contributed by atoms with Crippen molar-refractivity contribution in [3.63, 3.8) is 0 Å². The van der Waals surface area contributed by atoms with Crippen molar-refractivity contribution >= 4 is 23.5 Å². The van der Waals surface area contributed by atoms with Crippen LogP contribution in [0.3, 0.4) is 0 Å². The standard InChI is InChI=1S/C22H30N4OS/c1-3-4-5-12-24-21(27)18-7-6-15-26(16-18)20-22(25-14-13-23-20)28-19-10-8-17(2)9-11-19/h8-11,13-14,18H,3-7,12,15-16H2,1-2H3,(H,24,27). The third-order valence-electron chi connectivity index (χ3n) is 5.05. The summed E-state index contributed by atoms with van der Waals surface area (Å²) < 4.78 is 0. The van der Waals surface area contributed by atoms with Gasteiger partial charge in [-0.2, -0.15) is 0 Å². The molecule has 0 bridgehead atoms. The number of aryl methyl sites for hydroxylation is 1. The quantitative estimate of drug-likeness (QED) is 0.665. The van der Waals surface area contributed by atoms with E-state index in [0.717, 1.165) is 54.5 Å². The topological polar surface area (TPSA) is 58.1 Å². The van der Waals surface area contributed by atoms with Gasteiger partial charge in [-0.15, -0.1) is 0 Å². The highest BCUT2D eigenvalue weighted by Crippen LogP contribution is 2.34. The van der Waals surface area contributed by atoms with Crippen molar-refractivity contribution in [1.82, 2.24) is 15.3 Å². The maximum absolute atomic E-state index is 12.6. The molecule has 1 N–H and O–H groups in total. The molecule has 5 nitrogen and oxygen atoms in total. The normalized spacial score (nSPS) is 16.8. The second-order valence-electron chi connectivity index (χ2n) is 7.38. The van der Waals surface area contributed by atoms with Crippen LogP contribution >= 0.6 is 11.8 Å². The summed E-state index contributed by atoms with van der Waals surface area (Å²) in [6.45, 7) is 6.67. The third-order valence-corrected chi connectivity index (χ3v) is 6.04. The Morgan fingerprint density at radius 3 is 2.79 bits per heavy atom. The van der Waals surface area contributed by atoms with Gasteiger partial charge in [-0.1, -0.05) is 49.2 Å². The van der Waals surface area contributed by atoms with Crippen LogP contribution in [0.2, 0.25) is 0 Å². The lowest BCUT2D eigenvalue weighted by Gasteiger charge is -2.33. The van der Waals surface area contributed by atoms with Crippen LogP contribution in [0.1, 0.15) is 44.6 Å². The molecule has 150 valence electrons. The predicted octanol–water partition coefficient (Wildman–Crippen LogP) is 4.46. The zero-order chi connectivity index (χ0) is 19.8. The first-order chi connectivity index (χ1) is 13.7. The molecule has 1 aromatic carbocycles. The van der Waals surface area contributed by atoms with Gasteiger partial charge in [-0.3, -0.25) is 4.79 Å². The van der Waals surface area contributed by atoms with Gasteiger partial charge in [0.1, 0.15) is 5.03 Å². The Morgan fingerprint density at radius 2 is 2.00 bits per heavy atom. The number of hydrogen-bond donors (Lipinski definition) is 1. The van der Waals surface area contributed by atoms with Crippen LogP contribution in [-0.4, -0.2) is 35.5 Å².